The number of carbonyl (C=O) groups is 1. The molecule has 0 atom stereocenters. The van der Waals surface area contributed by atoms with Crippen molar-refractivity contribution < 1.29 is 4.79 Å². The summed E-state index contributed by atoms with van der Waals surface area (Å²) in [6.45, 7) is 1.96. The van der Waals surface area contributed by atoms with Gasteiger partial charge in [0.05, 0.1) is 22.0 Å². The number of benzene rings is 1. The minimum Gasteiger partial charge on any atom is -0.325 e. The maximum atomic E-state index is 12.4. The van der Waals surface area contributed by atoms with Gasteiger partial charge in [0.2, 0.25) is 5.91 Å². The van der Waals surface area contributed by atoms with Crippen molar-refractivity contribution in [3.63, 3.8) is 0 Å². The molecule has 1 aromatic carbocycles. The highest BCUT2D eigenvalue weighted by atomic mass is 32.2. The van der Waals surface area contributed by atoms with Crippen LogP contribution in [0.4, 0.5) is 5.69 Å². The van der Waals surface area contributed by atoms with Crippen LogP contribution in [0.25, 0.3) is 21.5 Å². The standard InChI is InChI=1S/C19H16N4O2S3/c1-11-20-15(9-27-11)12-4-3-5-13(8-12)21-16(24)10-28-19-22-14-6-7-26-17(14)18(25)23(19)2/h3-9H,10H2,1-2H3,(H,21,24). The van der Waals surface area contributed by atoms with E-state index in [0.29, 0.717) is 21.1 Å². The summed E-state index contributed by atoms with van der Waals surface area (Å²) in [5, 5.41) is 8.27. The number of nitrogens with one attached hydrogen (secondary N) is 1. The minimum absolute atomic E-state index is 0.0887. The summed E-state index contributed by atoms with van der Waals surface area (Å²) in [5.74, 6) is 0.00643. The summed E-state index contributed by atoms with van der Waals surface area (Å²) in [6.07, 6.45) is 0. The van der Waals surface area contributed by atoms with Gasteiger partial charge in [0.15, 0.2) is 5.16 Å². The van der Waals surface area contributed by atoms with Gasteiger partial charge in [-0.25, -0.2) is 9.97 Å². The van der Waals surface area contributed by atoms with E-state index in [1.54, 1.807) is 18.4 Å². The van der Waals surface area contributed by atoms with Gasteiger partial charge < -0.3 is 5.32 Å². The molecule has 28 heavy (non-hydrogen) atoms. The molecular weight excluding hydrogens is 412 g/mol. The van der Waals surface area contributed by atoms with Crippen molar-refractivity contribution >= 4 is 56.2 Å². The number of rotatable bonds is 5. The lowest BCUT2D eigenvalue weighted by atomic mass is 10.1. The molecule has 0 bridgehead atoms. The molecule has 0 aliphatic carbocycles. The topological polar surface area (TPSA) is 76.9 Å². The summed E-state index contributed by atoms with van der Waals surface area (Å²) in [6, 6.07) is 9.42. The molecule has 0 aliphatic heterocycles. The second kappa shape index (κ2) is 7.86. The second-order valence-electron chi connectivity index (χ2n) is 6.06. The zero-order valence-corrected chi connectivity index (χ0v) is 17.6. The first kappa shape index (κ1) is 18.9. The molecular formula is C19H16N4O2S3. The van der Waals surface area contributed by atoms with E-state index in [-0.39, 0.29) is 17.2 Å². The maximum Gasteiger partial charge on any atom is 0.271 e. The highest BCUT2D eigenvalue weighted by Gasteiger charge is 2.12. The van der Waals surface area contributed by atoms with Crippen LogP contribution in [0.1, 0.15) is 5.01 Å². The fourth-order valence-electron chi connectivity index (χ4n) is 2.68. The van der Waals surface area contributed by atoms with Crippen LogP contribution in [0.5, 0.6) is 0 Å². The van der Waals surface area contributed by atoms with E-state index < -0.39 is 0 Å². The number of anilines is 1. The Morgan fingerprint density at radius 2 is 2.11 bits per heavy atom. The first-order valence-corrected chi connectivity index (χ1v) is 11.2. The second-order valence-corrected chi connectivity index (χ2v) is 8.98. The Labute approximate surface area is 173 Å². The number of thiazole rings is 1. The number of thiophene rings is 1. The molecule has 0 aliphatic rings. The Morgan fingerprint density at radius 1 is 1.25 bits per heavy atom. The summed E-state index contributed by atoms with van der Waals surface area (Å²) in [4.78, 5) is 33.7. The third-order valence-corrected chi connectivity index (χ3v) is 6.73. The molecule has 0 spiro atoms. The smallest absolute Gasteiger partial charge is 0.271 e. The van der Waals surface area contributed by atoms with Crippen LogP contribution in [0, 0.1) is 6.92 Å². The molecule has 9 heteroatoms. The van der Waals surface area contributed by atoms with Crippen molar-refractivity contribution in [2.75, 3.05) is 11.1 Å². The normalized spacial score (nSPS) is 11.1. The van der Waals surface area contributed by atoms with Crippen LogP contribution >= 0.6 is 34.4 Å². The van der Waals surface area contributed by atoms with Crippen LogP contribution in [-0.4, -0.2) is 26.2 Å². The Kier molecular flexibility index (Phi) is 5.29. The number of aryl methyl sites for hydroxylation is 1. The van der Waals surface area contributed by atoms with Gasteiger partial charge in [-0.2, -0.15) is 0 Å². The van der Waals surface area contributed by atoms with Gasteiger partial charge in [-0.15, -0.1) is 22.7 Å². The molecule has 0 fully saturated rings. The molecule has 3 aromatic heterocycles. The number of fused-ring (bicyclic) bond motifs is 1. The zero-order chi connectivity index (χ0) is 19.7. The van der Waals surface area contributed by atoms with Crippen molar-refractivity contribution in [1.82, 2.24) is 14.5 Å². The van der Waals surface area contributed by atoms with E-state index in [0.717, 1.165) is 16.3 Å². The Bertz CT molecular complexity index is 1230. The molecule has 142 valence electrons. The van der Waals surface area contributed by atoms with E-state index in [1.165, 1.54) is 27.7 Å². The number of carbonyl (C=O) groups excluding carboxylic acids is 1. The molecule has 0 unspecified atom stereocenters. The van der Waals surface area contributed by atoms with Crippen LogP contribution in [0.15, 0.2) is 51.0 Å². The Morgan fingerprint density at radius 3 is 2.89 bits per heavy atom. The fraction of sp³-hybridized carbons (Fsp3) is 0.158. The van der Waals surface area contributed by atoms with Crippen molar-refractivity contribution in [2.45, 2.75) is 12.1 Å². The van der Waals surface area contributed by atoms with Crippen LogP contribution in [0.2, 0.25) is 0 Å². The molecule has 1 amide bonds. The van der Waals surface area contributed by atoms with Crippen molar-refractivity contribution in [1.29, 1.82) is 0 Å². The number of nitrogens with zero attached hydrogens (tertiary/aromatic N) is 3. The molecule has 3 heterocycles. The number of amides is 1. The predicted molar refractivity (Wildman–Crippen MR) is 117 cm³/mol. The van der Waals surface area contributed by atoms with Crippen LogP contribution in [-0.2, 0) is 11.8 Å². The number of hydrogen-bond donors (Lipinski definition) is 1. The predicted octanol–water partition coefficient (Wildman–Crippen LogP) is 4.16. The molecule has 0 saturated heterocycles. The van der Waals surface area contributed by atoms with E-state index in [2.05, 4.69) is 15.3 Å². The SMILES string of the molecule is Cc1nc(-c2cccc(NC(=O)CSc3nc4ccsc4c(=O)n3C)c2)cs1. The summed E-state index contributed by atoms with van der Waals surface area (Å²) in [5.41, 5.74) is 3.15. The summed E-state index contributed by atoms with van der Waals surface area (Å²) >= 11 is 4.21. The third kappa shape index (κ3) is 3.87. The largest absolute Gasteiger partial charge is 0.325 e. The summed E-state index contributed by atoms with van der Waals surface area (Å²) in [7, 11) is 1.67. The van der Waals surface area contributed by atoms with Gasteiger partial charge in [0.1, 0.15) is 4.70 Å². The minimum atomic E-state index is -0.156. The van der Waals surface area contributed by atoms with Crippen molar-refractivity contribution in [3.05, 3.63) is 56.5 Å². The first-order chi connectivity index (χ1) is 13.5. The van der Waals surface area contributed by atoms with Crippen LogP contribution < -0.4 is 10.9 Å². The van der Waals surface area contributed by atoms with Crippen molar-refractivity contribution in [3.8, 4) is 11.3 Å². The lowest BCUT2D eigenvalue weighted by Gasteiger charge is -2.08. The molecule has 4 rings (SSSR count). The Hall–Kier alpha value is -2.49. The summed E-state index contributed by atoms with van der Waals surface area (Å²) < 4.78 is 2.12. The Balaban J connectivity index is 1.45. The van der Waals surface area contributed by atoms with Gasteiger partial charge in [0.25, 0.3) is 5.56 Å². The molecule has 4 aromatic rings. The number of thioether (sulfide) groups is 1. The molecule has 6 nitrogen and oxygen atoms in total. The van der Waals surface area contributed by atoms with Crippen molar-refractivity contribution in [2.24, 2.45) is 7.05 Å². The first-order valence-electron chi connectivity index (χ1n) is 8.41. The van der Waals surface area contributed by atoms with Gasteiger partial charge in [-0.3, -0.25) is 14.2 Å². The van der Waals surface area contributed by atoms with Crippen LogP contribution in [0.3, 0.4) is 0 Å². The highest BCUT2D eigenvalue weighted by molar-refractivity contribution is 7.99. The van der Waals surface area contributed by atoms with E-state index in [9.17, 15) is 9.59 Å². The lowest BCUT2D eigenvalue weighted by molar-refractivity contribution is -0.113. The average molecular weight is 429 g/mol. The zero-order valence-electron chi connectivity index (χ0n) is 15.1. The fourth-order valence-corrected chi connectivity index (χ4v) is 4.88. The molecule has 0 radical (unpaired) electrons. The monoisotopic (exact) mass is 428 g/mol. The third-order valence-electron chi connectivity index (χ3n) is 4.04. The van der Waals surface area contributed by atoms with E-state index >= 15 is 0 Å². The maximum absolute atomic E-state index is 12.4. The number of aromatic nitrogens is 3. The van der Waals surface area contributed by atoms with E-state index in [4.69, 9.17) is 0 Å². The van der Waals surface area contributed by atoms with Gasteiger partial charge in [0, 0.05) is 23.7 Å². The number of hydrogen-bond acceptors (Lipinski definition) is 7. The van der Waals surface area contributed by atoms with Gasteiger partial charge in [-0.05, 0) is 30.5 Å². The van der Waals surface area contributed by atoms with Gasteiger partial charge in [-0.1, -0.05) is 23.9 Å². The highest BCUT2D eigenvalue weighted by Crippen LogP contribution is 2.25. The molecule has 1 N–H and O–H groups in total. The van der Waals surface area contributed by atoms with E-state index in [1.807, 2.05) is 48.0 Å². The molecule has 0 saturated carbocycles. The van der Waals surface area contributed by atoms with Gasteiger partial charge >= 0.3 is 0 Å². The lowest BCUT2D eigenvalue weighted by Crippen LogP contribution is -2.20. The average Bonchev–Trinajstić information content (AvgIpc) is 3.33. The quantitative estimate of drug-likeness (QED) is 0.382.